The molecule has 0 radical (unpaired) electrons. The summed E-state index contributed by atoms with van der Waals surface area (Å²) >= 11 is 0. The molecule has 0 spiro atoms. The largest absolute Gasteiger partial charge is 0.379 e. The lowest BCUT2D eigenvalue weighted by Crippen LogP contribution is -2.39. The van der Waals surface area contributed by atoms with Crippen molar-refractivity contribution in [1.29, 1.82) is 0 Å². The molecular formula is C21H24N6O. The molecule has 5 heterocycles. The third-order valence-electron chi connectivity index (χ3n) is 5.25. The summed E-state index contributed by atoms with van der Waals surface area (Å²) in [7, 11) is 0. The molecule has 0 atom stereocenters. The van der Waals surface area contributed by atoms with Crippen LogP contribution in [0.25, 0.3) is 22.6 Å². The summed E-state index contributed by atoms with van der Waals surface area (Å²) in [5, 5.41) is 3.64. The van der Waals surface area contributed by atoms with Gasteiger partial charge in [0.25, 0.3) is 0 Å². The first kappa shape index (κ1) is 17.2. The van der Waals surface area contributed by atoms with Gasteiger partial charge in [0.05, 0.1) is 13.2 Å². The Bertz CT molecular complexity index is 1110. The Morgan fingerprint density at radius 1 is 1.07 bits per heavy atom. The highest BCUT2D eigenvalue weighted by atomic mass is 16.5. The summed E-state index contributed by atoms with van der Waals surface area (Å²) in [6.07, 6.45) is 8.00. The second-order valence-electron chi connectivity index (χ2n) is 7.23. The van der Waals surface area contributed by atoms with Crippen molar-refractivity contribution in [2.24, 2.45) is 0 Å². The van der Waals surface area contributed by atoms with Crippen LogP contribution in [0.5, 0.6) is 0 Å². The second-order valence-corrected chi connectivity index (χ2v) is 7.23. The van der Waals surface area contributed by atoms with Crippen molar-refractivity contribution in [2.45, 2.75) is 6.92 Å². The summed E-state index contributed by atoms with van der Waals surface area (Å²) in [5.41, 5.74) is 5.12. The van der Waals surface area contributed by atoms with E-state index in [1.807, 2.05) is 22.9 Å². The normalized spacial score (nSPS) is 15.5. The van der Waals surface area contributed by atoms with E-state index in [0.29, 0.717) is 0 Å². The predicted molar refractivity (Wildman–Crippen MR) is 110 cm³/mol. The van der Waals surface area contributed by atoms with Crippen molar-refractivity contribution in [3.8, 4) is 11.3 Å². The number of hydrogen-bond donors (Lipinski definition) is 1. The summed E-state index contributed by atoms with van der Waals surface area (Å²) in [6, 6.07) is 8.29. The van der Waals surface area contributed by atoms with Gasteiger partial charge < -0.3 is 14.5 Å². The number of anilines is 1. The van der Waals surface area contributed by atoms with Crippen LogP contribution in [0.2, 0.25) is 0 Å². The highest BCUT2D eigenvalue weighted by Gasteiger charge is 2.16. The second kappa shape index (κ2) is 7.26. The zero-order valence-electron chi connectivity index (χ0n) is 16.0. The van der Waals surface area contributed by atoms with Crippen molar-refractivity contribution >= 4 is 17.1 Å². The molecular weight excluding hydrogens is 352 g/mol. The van der Waals surface area contributed by atoms with Crippen LogP contribution in [0.15, 0.2) is 49.1 Å². The average molecular weight is 376 g/mol. The lowest BCUT2D eigenvalue weighted by molar-refractivity contribution is 0.0398. The lowest BCUT2D eigenvalue weighted by atomic mass is 10.2. The van der Waals surface area contributed by atoms with Crippen LogP contribution < -0.4 is 5.32 Å². The Hall–Kier alpha value is -2.90. The van der Waals surface area contributed by atoms with E-state index in [2.05, 4.69) is 57.1 Å². The highest BCUT2D eigenvalue weighted by molar-refractivity contribution is 5.77. The minimum Gasteiger partial charge on any atom is -0.379 e. The van der Waals surface area contributed by atoms with Crippen LogP contribution in [0.1, 0.15) is 5.56 Å². The van der Waals surface area contributed by atoms with Crippen LogP contribution in [0.4, 0.5) is 5.82 Å². The number of aryl methyl sites for hydroxylation is 1. The van der Waals surface area contributed by atoms with Gasteiger partial charge in [-0.3, -0.25) is 9.30 Å². The molecule has 5 rings (SSSR count). The molecule has 7 heteroatoms. The molecule has 4 aromatic rings. The van der Waals surface area contributed by atoms with Gasteiger partial charge in [0, 0.05) is 56.5 Å². The zero-order valence-corrected chi connectivity index (χ0v) is 16.0. The molecule has 4 aromatic heterocycles. The molecule has 0 saturated carbocycles. The number of pyridine rings is 2. The van der Waals surface area contributed by atoms with Gasteiger partial charge in [-0.1, -0.05) is 6.07 Å². The van der Waals surface area contributed by atoms with Gasteiger partial charge in [-0.15, -0.1) is 0 Å². The Kier molecular flexibility index (Phi) is 4.46. The Morgan fingerprint density at radius 3 is 2.82 bits per heavy atom. The van der Waals surface area contributed by atoms with E-state index in [9.17, 15) is 0 Å². The van der Waals surface area contributed by atoms with Gasteiger partial charge in [-0.25, -0.2) is 9.97 Å². The minimum atomic E-state index is 0.824. The molecule has 1 aliphatic heterocycles. The van der Waals surface area contributed by atoms with E-state index in [4.69, 9.17) is 9.72 Å². The van der Waals surface area contributed by atoms with Crippen molar-refractivity contribution in [3.63, 3.8) is 0 Å². The van der Waals surface area contributed by atoms with E-state index in [-0.39, 0.29) is 0 Å². The van der Waals surface area contributed by atoms with Gasteiger partial charge in [0.15, 0.2) is 0 Å². The van der Waals surface area contributed by atoms with Crippen LogP contribution >= 0.6 is 0 Å². The molecule has 28 heavy (non-hydrogen) atoms. The maximum absolute atomic E-state index is 5.44. The molecule has 0 aromatic carbocycles. The van der Waals surface area contributed by atoms with E-state index < -0.39 is 0 Å². The Labute approximate surface area is 163 Å². The maximum atomic E-state index is 5.44. The van der Waals surface area contributed by atoms with Crippen LogP contribution in [0, 0.1) is 6.92 Å². The van der Waals surface area contributed by atoms with E-state index in [0.717, 1.165) is 67.8 Å². The van der Waals surface area contributed by atoms with Gasteiger partial charge >= 0.3 is 0 Å². The van der Waals surface area contributed by atoms with Crippen molar-refractivity contribution in [2.75, 3.05) is 44.7 Å². The number of rotatable bonds is 5. The molecule has 1 N–H and O–H groups in total. The van der Waals surface area contributed by atoms with Gasteiger partial charge in [-0.2, -0.15) is 0 Å². The highest BCUT2D eigenvalue weighted by Crippen LogP contribution is 2.29. The third-order valence-corrected chi connectivity index (χ3v) is 5.25. The number of nitrogens with one attached hydrogen (secondary N) is 1. The van der Waals surface area contributed by atoms with E-state index in [1.54, 1.807) is 0 Å². The molecule has 1 fully saturated rings. The summed E-state index contributed by atoms with van der Waals surface area (Å²) in [5.74, 6) is 1.03. The summed E-state index contributed by atoms with van der Waals surface area (Å²) in [4.78, 5) is 11.7. The average Bonchev–Trinajstić information content (AvgIpc) is 3.33. The molecule has 0 amide bonds. The number of hydrogen-bond acceptors (Lipinski definition) is 5. The molecule has 0 unspecified atom stereocenters. The summed E-state index contributed by atoms with van der Waals surface area (Å²) in [6.45, 7) is 7.60. The first-order valence-electron chi connectivity index (χ1n) is 9.74. The van der Waals surface area contributed by atoms with Gasteiger partial charge in [0.2, 0.25) is 0 Å². The van der Waals surface area contributed by atoms with Crippen molar-refractivity contribution in [1.82, 2.24) is 23.7 Å². The number of morpholine rings is 1. The third kappa shape index (κ3) is 3.23. The quantitative estimate of drug-likeness (QED) is 0.580. The number of ether oxygens (including phenoxy) is 1. The monoisotopic (exact) mass is 376 g/mol. The Balaban J connectivity index is 1.49. The molecule has 1 aliphatic rings. The number of aromatic nitrogens is 4. The van der Waals surface area contributed by atoms with Gasteiger partial charge in [-0.05, 0) is 30.7 Å². The fourth-order valence-corrected chi connectivity index (χ4v) is 3.74. The fourth-order valence-electron chi connectivity index (χ4n) is 3.74. The molecule has 1 saturated heterocycles. The zero-order chi connectivity index (χ0) is 18.9. The molecule has 144 valence electrons. The minimum absolute atomic E-state index is 0.824. The van der Waals surface area contributed by atoms with Crippen molar-refractivity contribution in [3.05, 3.63) is 54.6 Å². The van der Waals surface area contributed by atoms with Crippen molar-refractivity contribution < 1.29 is 4.74 Å². The van der Waals surface area contributed by atoms with Crippen LogP contribution in [-0.2, 0) is 4.74 Å². The first-order valence-corrected chi connectivity index (χ1v) is 9.74. The maximum Gasteiger partial charge on any atom is 0.139 e. The first-order chi connectivity index (χ1) is 13.8. The number of fused-ring (bicyclic) bond motifs is 2. The smallest absolute Gasteiger partial charge is 0.139 e. The number of nitrogens with zero attached hydrogens (tertiary/aromatic N) is 5. The molecule has 0 bridgehead atoms. The van der Waals surface area contributed by atoms with Crippen LogP contribution in [0.3, 0.4) is 0 Å². The standard InChI is InChI=1S/C21H24N6O/c1-16-2-4-19-24-20(17-3-5-18-22-7-9-26(18)15-17)21(27(19)14-16)23-6-8-25-10-12-28-13-11-25/h2-5,7,9,14-15,23H,6,8,10-13H2,1H3. The molecule has 0 aliphatic carbocycles. The SMILES string of the molecule is Cc1ccc2nc(-c3ccc4nccn4c3)c(NCCN3CCOCC3)n2c1. The van der Waals surface area contributed by atoms with Gasteiger partial charge in [0.1, 0.15) is 22.8 Å². The van der Waals surface area contributed by atoms with E-state index in [1.165, 1.54) is 5.56 Å². The van der Waals surface area contributed by atoms with Crippen LogP contribution in [-0.4, -0.2) is 63.1 Å². The predicted octanol–water partition coefficient (Wildman–Crippen LogP) is 2.70. The topological polar surface area (TPSA) is 59.1 Å². The van der Waals surface area contributed by atoms with E-state index >= 15 is 0 Å². The lowest BCUT2D eigenvalue weighted by Gasteiger charge is -2.26. The fraction of sp³-hybridized carbons (Fsp3) is 0.333. The number of imidazole rings is 2. The molecule has 7 nitrogen and oxygen atoms in total. The summed E-state index contributed by atoms with van der Waals surface area (Å²) < 4.78 is 9.63. The Morgan fingerprint density at radius 2 is 1.93 bits per heavy atom.